The number of thiazole rings is 1. The van der Waals surface area contributed by atoms with E-state index in [1.807, 2.05) is 6.92 Å². The molecule has 1 N–H and O–H groups in total. The average Bonchev–Trinajstić information content (AvgIpc) is 2.67. The first-order valence-corrected chi connectivity index (χ1v) is 7.21. The van der Waals surface area contributed by atoms with Crippen LogP contribution >= 0.6 is 11.3 Å². The Hall–Kier alpha value is -0.610. The van der Waals surface area contributed by atoms with Crippen molar-refractivity contribution in [2.45, 2.75) is 47.1 Å². The first kappa shape index (κ1) is 14.5. The molecule has 0 saturated heterocycles. The van der Waals surface area contributed by atoms with Gasteiger partial charge in [-0.05, 0) is 26.7 Å². The Kier molecular flexibility index (Phi) is 5.40. The fourth-order valence-corrected chi connectivity index (χ4v) is 2.84. The molecule has 0 saturated carbocycles. The summed E-state index contributed by atoms with van der Waals surface area (Å²) in [6, 6.07) is 0. The third-order valence-corrected chi connectivity index (χ3v) is 4.47. The summed E-state index contributed by atoms with van der Waals surface area (Å²) >= 11 is 1.62. The van der Waals surface area contributed by atoms with Gasteiger partial charge in [-0.2, -0.15) is 0 Å². The van der Waals surface area contributed by atoms with Gasteiger partial charge in [0, 0.05) is 13.1 Å². The van der Waals surface area contributed by atoms with Crippen LogP contribution in [0.2, 0.25) is 0 Å². The van der Waals surface area contributed by atoms with Crippen molar-refractivity contribution in [1.82, 2.24) is 4.98 Å². The number of rotatable bonds is 6. The zero-order chi connectivity index (χ0) is 13.0. The zero-order valence-corrected chi connectivity index (χ0v) is 12.3. The van der Waals surface area contributed by atoms with Gasteiger partial charge in [-0.25, -0.2) is 4.98 Å². The van der Waals surface area contributed by atoms with E-state index < -0.39 is 6.10 Å². The van der Waals surface area contributed by atoms with Crippen molar-refractivity contribution in [3.05, 3.63) is 10.6 Å². The number of nitrogens with zero attached hydrogens (tertiary/aromatic N) is 2. The highest BCUT2D eigenvalue weighted by Crippen LogP contribution is 2.31. The number of aromatic nitrogens is 1. The van der Waals surface area contributed by atoms with Gasteiger partial charge in [-0.1, -0.05) is 31.6 Å². The van der Waals surface area contributed by atoms with Gasteiger partial charge in [0.1, 0.15) is 0 Å². The van der Waals surface area contributed by atoms with Gasteiger partial charge in [0.05, 0.1) is 16.7 Å². The van der Waals surface area contributed by atoms with Gasteiger partial charge in [0.2, 0.25) is 0 Å². The molecule has 1 rings (SSSR count). The predicted molar refractivity (Wildman–Crippen MR) is 74.8 cm³/mol. The molecule has 2 unspecified atom stereocenters. The minimum atomic E-state index is -0.413. The van der Waals surface area contributed by atoms with Gasteiger partial charge in [-0.3, -0.25) is 0 Å². The Morgan fingerprint density at radius 3 is 2.41 bits per heavy atom. The van der Waals surface area contributed by atoms with E-state index in [9.17, 15) is 5.11 Å². The number of anilines is 1. The number of aryl methyl sites for hydroxylation is 1. The molecular formula is C13H24N2OS. The van der Waals surface area contributed by atoms with Crippen LogP contribution in [0.15, 0.2) is 0 Å². The maximum Gasteiger partial charge on any atom is 0.185 e. The zero-order valence-electron chi connectivity index (χ0n) is 11.5. The van der Waals surface area contributed by atoms with Crippen LogP contribution in [0.3, 0.4) is 0 Å². The third-order valence-electron chi connectivity index (χ3n) is 3.08. The lowest BCUT2D eigenvalue weighted by molar-refractivity contribution is 0.202. The molecule has 0 spiro atoms. The second-order valence-corrected chi connectivity index (χ2v) is 5.68. The monoisotopic (exact) mass is 256 g/mol. The van der Waals surface area contributed by atoms with Crippen molar-refractivity contribution >= 4 is 16.5 Å². The Morgan fingerprint density at radius 1 is 1.35 bits per heavy atom. The first-order chi connectivity index (χ1) is 7.99. The van der Waals surface area contributed by atoms with Crippen LogP contribution < -0.4 is 4.90 Å². The van der Waals surface area contributed by atoms with E-state index in [0.29, 0.717) is 5.92 Å². The molecular weight excluding hydrogens is 232 g/mol. The molecule has 0 bridgehead atoms. The molecule has 0 radical (unpaired) electrons. The molecule has 1 heterocycles. The Morgan fingerprint density at radius 2 is 2.00 bits per heavy atom. The Balaban J connectivity index is 2.85. The number of aliphatic hydroxyl groups excluding tert-OH is 1. The summed E-state index contributed by atoms with van der Waals surface area (Å²) in [4.78, 5) is 7.87. The molecule has 0 aliphatic rings. The quantitative estimate of drug-likeness (QED) is 0.847. The van der Waals surface area contributed by atoms with E-state index in [2.05, 4.69) is 30.7 Å². The van der Waals surface area contributed by atoms with Crippen molar-refractivity contribution in [3.8, 4) is 0 Å². The minimum Gasteiger partial charge on any atom is -0.388 e. The molecule has 3 nitrogen and oxygen atoms in total. The topological polar surface area (TPSA) is 36.4 Å². The number of hydrogen-bond donors (Lipinski definition) is 1. The summed E-state index contributed by atoms with van der Waals surface area (Å²) in [5, 5.41) is 10.7. The lowest BCUT2D eigenvalue weighted by Crippen LogP contribution is -2.27. The lowest BCUT2D eigenvalue weighted by Gasteiger charge is -2.23. The molecule has 0 aromatic carbocycles. The van der Waals surface area contributed by atoms with E-state index in [1.54, 1.807) is 18.3 Å². The molecule has 2 atom stereocenters. The summed E-state index contributed by atoms with van der Waals surface area (Å²) in [6.45, 7) is 12.4. The maximum atomic E-state index is 9.65. The molecule has 0 amide bonds. The summed E-state index contributed by atoms with van der Waals surface area (Å²) in [7, 11) is 0. The Bertz CT molecular complexity index is 349. The summed E-state index contributed by atoms with van der Waals surface area (Å²) < 4.78 is 0. The van der Waals surface area contributed by atoms with Crippen molar-refractivity contribution in [2.75, 3.05) is 18.0 Å². The van der Waals surface area contributed by atoms with Crippen LogP contribution in [0, 0.1) is 12.8 Å². The van der Waals surface area contributed by atoms with Crippen LogP contribution in [0.25, 0.3) is 0 Å². The van der Waals surface area contributed by atoms with Gasteiger partial charge in [0.15, 0.2) is 5.13 Å². The summed E-state index contributed by atoms with van der Waals surface area (Å²) in [5.74, 6) is 0.675. The van der Waals surface area contributed by atoms with E-state index in [-0.39, 0.29) is 0 Å². The second kappa shape index (κ2) is 6.36. The van der Waals surface area contributed by atoms with Crippen molar-refractivity contribution in [1.29, 1.82) is 0 Å². The fraction of sp³-hybridized carbons (Fsp3) is 0.769. The molecule has 98 valence electrons. The normalized spacial score (nSPS) is 14.7. The van der Waals surface area contributed by atoms with Crippen LogP contribution in [0.1, 0.15) is 50.8 Å². The van der Waals surface area contributed by atoms with E-state index >= 15 is 0 Å². The van der Waals surface area contributed by atoms with E-state index in [1.165, 1.54) is 6.42 Å². The summed E-state index contributed by atoms with van der Waals surface area (Å²) in [5.41, 5.74) is 0.961. The largest absolute Gasteiger partial charge is 0.388 e. The van der Waals surface area contributed by atoms with Crippen molar-refractivity contribution < 1.29 is 5.11 Å². The van der Waals surface area contributed by atoms with Gasteiger partial charge >= 0.3 is 0 Å². The molecule has 0 fully saturated rings. The van der Waals surface area contributed by atoms with Crippen LogP contribution in [-0.4, -0.2) is 23.2 Å². The number of aliphatic hydroxyl groups is 1. The molecule has 1 aromatic rings. The Labute approximate surface area is 108 Å². The average molecular weight is 256 g/mol. The first-order valence-electron chi connectivity index (χ1n) is 6.39. The third kappa shape index (κ3) is 3.68. The fourth-order valence-electron chi connectivity index (χ4n) is 1.76. The number of hydrogen-bond acceptors (Lipinski definition) is 4. The minimum absolute atomic E-state index is 0.413. The van der Waals surface area contributed by atoms with Crippen molar-refractivity contribution in [3.63, 3.8) is 0 Å². The van der Waals surface area contributed by atoms with Crippen LogP contribution in [0.5, 0.6) is 0 Å². The van der Waals surface area contributed by atoms with Crippen LogP contribution in [-0.2, 0) is 0 Å². The molecule has 17 heavy (non-hydrogen) atoms. The molecule has 4 heteroatoms. The van der Waals surface area contributed by atoms with E-state index in [0.717, 1.165) is 28.8 Å². The molecule has 1 aromatic heterocycles. The van der Waals surface area contributed by atoms with E-state index in [4.69, 9.17) is 0 Å². The highest BCUT2D eigenvalue weighted by atomic mass is 32.1. The standard InChI is InChI=1S/C13H24N2OS/c1-6-9(3)8-15(7-2)13-14-10(4)12(17-13)11(5)16/h9,11,16H,6-8H2,1-5H3. The van der Waals surface area contributed by atoms with Crippen LogP contribution in [0.4, 0.5) is 5.13 Å². The van der Waals surface area contributed by atoms with Crippen molar-refractivity contribution in [2.24, 2.45) is 5.92 Å². The highest BCUT2D eigenvalue weighted by Gasteiger charge is 2.16. The highest BCUT2D eigenvalue weighted by molar-refractivity contribution is 7.15. The maximum absolute atomic E-state index is 9.65. The second-order valence-electron chi connectivity index (χ2n) is 4.67. The predicted octanol–water partition coefficient (Wildman–Crippen LogP) is 3.38. The SMILES string of the molecule is CCC(C)CN(CC)c1nc(C)c(C(C)O)s1. The van der Waals surface area contributed by atoms with Gasteiger partial charge in [0.25, 0.3) is 0 Å². The smallest absolute Gasteiger partial charge is 0.185 e. The summed E-state index contributed by atoms with van der Waals surface area (Å²) in [6.07, 6.45) is 0.771. The lowest BCUT2D eigenvalue weighted by atomic mass is 10.1. The van der Waals surface area contributed by atoms with Gasteiger partial charge in [-0.15, -0.1) is 0 Å². The van der Waals surface area contributed by atoms with Gasteiger partial charge < -0.3 is 10.0 Å². The molecule has 0 aliphatic heterocycles. The molecule has 0 aliphatic carbocycles.